The Morgan fingerprint density at radius 2 is 1.95 bits per heavy atom. The number of ether oxygens (including phenoxy) is 1. The average Bonchev–Trinajstić information content (AvgIpc) is 2.55. The van der Waals surface area contributed by atoms with Crippen LogP contribution in [0.5, 0.6) is 5.75 Å². The zero-order valence-electron chi connectivity index (χ0n) is 12.4. The molecular weight excluding hydrogens is 344 g/mol. The minimum absolute atomic E-state index is 0.171. The summed E-state index contributed by atoms with van der Waals surface area (Å²) in [5.41, 5.74) is 2.18. The summed E-state index contributed by atoms with van der Waals surface area (Å²) in [6, 6.07) is 15.5. The number of urea groups is 1. The summed E-state index contributed by atoms with van der Waals surface area (Å²) in [6.45, 7) is 1.06. The molecule has 0 aliphatic rings. The molecule has 0 fully saturated rings. The van der Waals surface area contributed by atoms with E-state index in [1.165, 1.54) is 5.56 Å². The van der Waals surface area contributed by atoms with Crippen LogP contribution in [0.25, 0.3) is 0 Å². The molecule has 2 aromatic rings. The van der Waals surface area contributed by atoms with Gasteiger partial charge in [0.2, 0.25) is 0 Å². The molecule has 0 bridgehead atoms. The molecule has 2 aromatic carbocycles. The molecule has 0 heterocycles. The van der Waals surface area contributed by atoms with E-state index < -0.39 is 0 Å². The molecule has 0 radical (unpaired) electrons. The molecule has 2 amide bonds. The highest BCUT2D eigenvalue weighted by atomic mass is 79.9. The highest BCUT2D eigenvalue weighted by Gasteiger charge is 2.03. The monoisotopic (exact) mass is 362 g/mol. The molecule has 22 heavy (non-hydrogen) atoms. The summed E-state index contributed by atoms with van der Waals surface area (Å²) >= 11 is 3.50. The largest absolute Gasteiger partial charge is 0.497 e. The Kier molecular flexibility index (Phi) is 6.27. The SMILES string of the molecule is COc1cccc(CNC(=O)NCCc2ccccc2Br)c1. The fourth-order valence-electron chi connectivity index (χ4n) is 2.04. The van der Waals surface area contributed by atoms with Gasteiger partial charge >= 0.3 is 6.03 Å². The van der Waals surface area contributed by atoms with E-state index in [0.29, 0.717) is 13.1 Å². The van der Waals surface area contributed by atoms with Crippen molar-refractivity contribution in [1.29, 1.82) is 0 Å². The number of benzene rings is 2. The fourth-order valence-corrected chi connectivity index (χ4v) is 2.52. The van der Waals surface area contributed by atoms with E-state index >= 15 is 0 Å². The molecule has 0 aromatic heterocycles. The third-order valence-corrected chi connectivity index (χ3v) is 4.00. The van der Waals surface area contributed by atoms with Gasteiger partial charge in [-0.1, -0.05) is 46.3 Å². The number of hydrogen-bond donors (Lipinski definition) is 2. The zero-order chi connectivity index (χ0) is 15.8. The molecular formula is C17H19BrN2O2. The lowest BCUT2D eigenvalue weighted by atomic mass is 10.1. The summed E-state index contributed by atoms with van der Waals surface area (Å²) in [7, 11) is 1.63. The molecule has 0 atom stereocenters. The Hall–Kier alpha value is -2.01. The number of hydrogen-bond acceptors (Lipinski definition) is 2. The Labute approximate surface area is 139 Å². The predicted octanol–water partition coefficient (Wildman–Crippen LogP) is 3.50. The summed E-state index contributed by atoms with van der Waals surface area (Å²) < 4.78 is 6.22. The van der Waals surface area contributed by atoms with E-state index in [2.05, 4.69) is 26.6 Å². The number of carbonyl (C=O) groups is 1. The van der Waals surface area contributed by atoms with Crippen molar-refractivity contribution in [2.75, 3.05) is 13.7 Å². The first kappa shape index (κ1) is 16.4. The molecule has 4 nitrogen and oxygen atoms in total. The maximum atomic E-state index is 11.8. The topological polar surface area (TPSA) is 50.4 Å². The number of methoxy groups -OCH3 is 1. The highest BCUT2D eigenvalue weighted by Crippen LogP contribution is 2.15. The Morgan fingerprint density at radius 1 is 1.14 bits per heavy atom. The van der Waals surface area contributed by atoms with Gasteiger partial charge in [-0.25, -0.2) is 4.79 Å². The van der Waals surface area contributed by atoms with Gasteiger partial charge in [-0.2, -0.15) is 0 Å². The Bertz CT molecular complexity index is 632. The standard InChI is InChI=1S/C17H19BrN2O2/c1-22-15-7-4-5-13(11-15)12-20-17(21)19-10-9-14-6-2-3-8-16(14)18/h2-8,11H,9-10,12H2,1H3,(H2,19,20,21). The van der Waals surface area contributed by atoms with Gasteiger partial charge in [0.15, 0.2) is 0 Å². The maximum Gasteiger partial charge on any atom is 0.315 e. The molecule has 0 spiro atoms. The smallest absolute Gasteiger partial charge is 0.315 e. The third kappa shape index (κ3) is 5.07. The van der Waals surface area contributed by atoms with Crippen LogP contribution in [0.3, 0.4) is 0 Å². The minimum Gasteiger partial charge on any atom is -0.497 e. The van der Waals surface area contributed by atoms with Crippen molar-refractivity contribution in [2.45, 2.75) is 13.0 Å². The maximum absolute atomic E-state index is 11.8. The van der Waals surface area contributed by atoms with Gasteiger partial charge in [-0.15, -0.1) is 0 Å². The van der Waals surface area contributed by atoms with E-state index in [1.54, 1.807) is 7.11 Å². The lowest BCUT2D eigenvalue weighted by Gasteiger charge is -2.09. The van der Waals surface area contributed by atoms with Gasteiger partial charge in [-0.3, -0.25) is 0 Å². The second kappa shape index (κ2) is 8.44. The normalized spacial score (nSPS) is 10.1. The lowest BCUT2D eigenvalue weighted by Crippen LogP contribution is -2.36. The van der Waals surface area contributed by atoms with Gasteiger partial charge in [0.25, 0.3) is 0 Å². The first-order chi connectivity index (χ1) is 10.7. The van der Waals surface area contributed by atoms with E-state index in [4.69, 9.17) is 4.74 Å². The van der Waals surface area contributed by atoms with Crippen LogP contribution >= 0.6 is 15.9 Å². The van der Waals surface area contributed by atoms with E-state index in [0.717, 1.165) is 22.2 Å². The predicted molar refractivity (Wildman–Crippen MR) is 91.1 cm³/mol. The molecule has 2 N–H and O–H groups in total. The second-order valence-corrected chi connectivity index (χ2v) is 5.66. The first-order valence-corrected chi connectivity index (χ1v) is 7.86. The van der Waals surface area contributed by atoms with Crippen LogP contribution in [0.2, 0.25) is 0 Å². The van der Waals surface area contributed by atoms with Crippen molar-refractivity contribution >= 4 is 22.0 Å². The van der Waals surface area contributed by atoms with Gasteiger partial charge in [0.1, 0.15) is 5.75 Å². The van der Waals surface area contributed by atoms with Crippen molar-refractivity contribution in [3.8, 4) is 5.75 Å². The zero-order valence-corrected chi connectivity index (χ0v) is 14.0. The lowest BCUT2D eigenvalue weighted by molar-refractivity contribution is 0.240. The first-order valence-electron chi connectivity index (χ1n) is 7.07. The molecule has 0 saturated heterocycles. The van der Waals surface area contributed by atoms with Crippen LogP contribution in [0.1, 0.15) is 11.1 Å². The van der Waals surface area contributed by atoms with Crippen LogP contribution in [-0.2, 0) is 13.0 Å². The van der Waals surface area contributed by atoms with Crippen molar-refractivity contribution in [3.63, 3.8) is 0 Å². The fraction of sp³-hybridized carbons (Fsp3) is 0.235. The third-order valence-electron chi connectivity index (χ3n) is 3.22. The van der Waals surface area contributed by atoms with Crippen molar-refractivity contribution in [1.82, 2.24) is 10.6 Å². The van der Waals surface area contributed by atoms with Crippen LogP contribution in [0.4, 0.5) is 4.79 Å². The van der Waals surface area contributed by atoms with Gasteiger partial charge in [0.05, 0.1) is 7.11 Å². The van der Waals surface area contributed by atoms with E-state index in [1.807, 2.05) is 48.5 Å². The van der Waals surface area contributed by atoms with Gasteiger partial charge < -0.3 is 15.4 Å². The molecule has 5 heteroatoms. The Balaban J connectivity index is 1.73. The molecule has 2 rings (SSSR count). The van der Waals surface area contributed by atoms with Gasteiger partial charge in [0, 0.05) is 17.6 Å². The molecule has 116 valence electrons. The summed E-state index contributed by atoms with van der Waals surface area (Å²) in [5.74, 6) is 0.786. The van der Waals surface area contributed by atoms with Crippen molar-refractivity contribution in [2.24, 2.45) is 0 Å². The quantitative estimate of drug-likeness (QED) is 0.826. The van der Waals surface area contributed by atoms with Crippen molar-refractivity contribution in [3.05, 3.63) is 64.1 Å². The molecule has 0 aliphatic carbocycles. The Morgan fingerprint density at radius 3 is 2.73 bits per heavy atom. The molecule has 0 unspecified atom stereocenters. The number of nitrogens with one attached hydrogen (secondary N) is 2. The number of rotatable bonds is 6. The van der Waals surface area contributed by atoms with Crippen LogP contribution in [0, 0.1) is 0 Å². The number of halogens is 1. The summed E-state index contributed by atoms with van der Waals surface area (Å²) in [5, 5.41) is 5.69. The highest BCUT2D eigenvalue weighted by molar-refractivity contribution is 9.10. The van der Waals surface area contributed by atoms with Crippen molar-refractivity contribution < 1.29 is 9.53 Å². The van der Waals surface area contributed by atoms with Crippen LogP contribution in [0.15, 0.2) is 53.0 Å². The second-order valence-electron chi connectivity index (χ2n) is 4.80. The number of carbonyl (C=O) groups excluding carboxylic acids is 1. The minimum atomic E-state index is -0.171. The molecule has 0 aliphatic heterocycles. The molecule has 0 saturated carbocycles. The van der Waals surface area contributed by atoms with E-state index in [-0.39, 0.29) is 6.03 Å². The van der Waals surface area contributed by atoms with E-state index in [9.17, 15) is 4.79 Å². The summed E-state index contributed by atoms with van der Waals surface area (Å²) in [6.07, 6.45) is 0.786. The van der Waals surface area contributed by atoms with Gasteiger partial charge in [-0.05, 0) is 35.7 Å². The van der Waals surface area contributed by atoms with Crippen LogP contribution in [-0.4, -0.2) is 19.7 Å². The average molecular weight is 363 g/mol. The number of amides is 2. The summed E-state index contributed by atoms with van der Waals surface area (Å²) in [4.78, 5) is 11.8. The van der Waals surface area contributed by atoms with Crippen LogP contribution < -0.4 is 15.4 Å².